The smallest absolute Gasteiger partial charge is 0.308 e. The van der Waals surface area contributed by atoms with Crippen LogP contribution >= 0.6 is 0 Å². The van der Waals surface area contributed by atoms with E-state index in [2.05, 4.69) is 4.98 Å². The van der Waals surface area contributed by atoms with Gasteiger partial charge in [0.1, 0.15) is 5.69 Å². The Morgan fingerprint density at radius 3 is 2.81 bits per heavy atom. The van der Waals surface area contributed by atoms with Gasteiger partial charge in [-0.2, -0.15) is 0 Å². The summed E-state index contributed by atoms with van der Waals surface area (Å²) >= 11 is 0. The molecule has 132 valence electrons. The lowest BCUT2D eigenvalue weighted by atomic mass is 10.2. The molecule has 1 saturated heterocycles. The lowest BCUT2D eigenvalue weighted by molar-refractivity contribution is -0.132. The van der Waals surface area contributed by atoms with Crippen molar-refractivity contribution in [3.63, 3.8) is 0 Å². The monoisotopic (exact) mass is 352 g/mol. The fraction of sp³-hybridized carbons (Fsp3) is 0.211. The van der Waals surface area contributed by atoms with Crippen molar-refractivity contribution < 1.29 is 23.8 Å². The number of rotatable bonds is 3. The third-order valence-corrected chi connectivity index (χ3v) is 4.22. The number of hydrogen-bond acceptors (Lipinski definition) is 6. The minimum Gasteiger partial charge on any atom is -0.501 e. The Labute approximate surface area is 148 Å². The minimum absolute atomic E-state index is 0.0326. The van der Waals surface area contributed by atoms with Crippen molar-refractivity contribution >= 4 is 28.7 Å². The number of para-hydroxylation sites is 1. The largest absolute Gasteiger partial charge is 0.501 e. The van der Waals surface area contributed by atoms with Gasteiger partial charge in [-0.05, 0) is 18.6 Å². The summed E-state index contributed by atoms with van der Waals surface area (Å²) in [5, 5.41) is 11.5. The van der Waals surface area contributed by atoms with Crippen molar-refractivity contribution in [2.75, 3.05) is 11.4 Å². The normalized spacial score (nSPS) is 14.2. The molecule has 0 aliphatic carbocycles. The minimum atomic E-state index is -0.619. The van der Waals surface area contributed by atoms with E-state index in [1.54, 1.807) is 6.07 Å². The maximum atomic E-state index is 12.1. The maximum Gasteiger partial charge on any atom is 0.308 e. The van der Waals surface area contributed by atoms with E-state index >= 15 is 0 Å². The van der Waals surface area contributed by atoms with E-state index in [9.17, 15) is 14.7 Å². The van der Waals surface area contributed by atoms with Crippen molar-refractivity contribution in [3.8, 4) is 23.0 Å². The number of aromatic hydroxyl groups is 1. The summed E-state index contributed by atoms with van der Waals surface area (Å²) in [4.78, 5) is 29.4. The molecule has 0 bridgehead atoms. The third kappa shape index (κ3) is 2.67. The molecule has 2 aromatic heterocycles. The first-order chi connectivity index (χ1) is 12.5. The molecule has 3 aromatic rings. The lowest BCUT2D eigenvalue weighted by Gasteiger charge is -2.13. The molecule has 0 radical (unpaired) electrons. The second-order valence-electron chi connectivity index (χ2n) is 6.05. The average Bonchev–Trinajstić information content (AvgIpc) is 3.18. The predicted octanol–water partition coefficient (Wildman–Crippen LogP) is 3.25. The first kappa shape index (κ1) is 16.1. The van der Waals surface area contributed by atoms with Crippen LogP contribution in [-0.4, -0.2) is 28.5 Å². The number of carbonyl (C=O) groups excluding carboxylic acids is 2. The Hall–Kier alpha value is -3.35. The molecule has 7 heteroatoms. The van der Waals surface area contributed by atoms with Gasteiger partial charge in [0.2, 0.25) is 23.2 Å². The molecular formula is C19H16N2O5. The number of aromatic nitrogens is 1. The van der Waals surface area contributed by atoms with Crippen LogP contribution in [0, 0.1) is 0 Å². The van der Waals surface area contributed by atoms with Gasteiger partial charge in [0, 0.05) is 25.3 Å². The number of fused-ring (bicyclic) bond motifs is 1. The second-order valence-corrected chi connectivity index (χ2v) is 6.05. The molecule has 1 N–H and O–H groups in total. The van der Waals surface area contributed by atoms with Crippen molar-refractivity contribution in [2.24, 2.45) is 0 Å². The van der Waals surface area contributed by atoms with Gasteiger partial charge in [-0.3, -0.25) is 14.5 Å². The molecule has 0 spiro atoms. The van der Waals surface area contributed by atoms with Gasteiger partial charge in [-0.25, -0.2) is 4.98 Å². The van der Waals surface area contributed by atoms with Gasteiger partial charge in [0.15, 0.2) is 0 Å². The average molecular weight is 352 g/mol. The number of esters is 1. The zero-order valence-corrected chi connectivity index (χ0v) is 14.1. The zero-order valence-electron chi connectivity index (χ0n) is 14.1. The van der Waals surface area contributed by atoms with Crippen LogP contribution in [0.15, 0.2) is 40.8 Å². The third-order valence-electron chi connectivity index (χ3n) is 4.22. The van der Waals surface area contributed by atoms with Crippen LogP contribution in [0.1, 0.15) is 19.8 Å². The molecule has 1 amide bonds. The Bertz CT molecular complexity index is 1020. The number of nitrogens with zero attached hydrogens (tertiary/aromatic N) is 2. The summed E-state index contributed by atoms with van der Waals surface area (Å²) in [5.74, 6) is -1.18. The molecule has 7 nitrogen and oxygen atoms in total. The fourth-order valence-corrected chi connectivity index (χ4v) is 3.04. The topological polar surface area (TPSA) is 92.9 Å². The van der Waals surface area contributed by atoms with Gasteiger partial charge < -0.3 is 14.3 Å². The number of amides is 1. The summed E-state index contributed by atoms with van der Waals surface area (Å²) in [7, 11) is 0. The Morgan fingerprint density at radius 1 is 1.27 bits per heavy atom. The number of hydrogen-bond donors (Lipinski definition) is 1. The molecule has 4 rings (SSSR count). The van der Waals surface area contributed by atoms with Crippen LogP contribution in [0.5, 0.6) is 11.5 Å². The predicted molar refractivity (Wildman–Crippen MR) is 94.0 cm³/mol. The van der Waals surface area contributed by atoms with Crippen LogP contribution < -0.4 is 9.64 Å². The lowest BCUT2D eigenvalue weighted by Crippen LogP contribution is -2.24. The van der Waals surface area contributed by atoms with Gasteiger partial charge in [0.25, 0.3) is 5.88 Å². The Balaban J connectivity index is 1.86. The van der Waals surface area contributed by atoms with Crippen LogP contribution in [-0.2, 0) is 9.59 Å². The number of furan rings is 1. The second kappa shape index (κ2) is 6.18. The number of ether oxygens (including phenoxy) is 1. The maximum absolute atomic E-state index is 12.1. The first-order valence-electron chi connectivity index (χ1n) is 8.25. The van der Waals surface area contributed by atoms with Gasteiger partial charge in [-0.1, -0.05) is 24.3 Å². The van der Waals surface area contributed by atoms with Gasteiger partial charge in [-0.15, -0.1) is 0 Å². The Kier molecular flexibility index (Phi) is 3.84. The van der Waals surface area contributed by atoms with Crippen LogP contribution in [0.3, 0.4) is 0 Å². The van der Waals surface area contributed by atoms with Gasteiger partial charge in [0.05, 0.1) is 5.52 Å². The highest BCUT2D eigenvalue weighted by Crippen LogP contribution is 2.48. The number of pyridine rings is 1. The molecule has 0 atom stereocenters. The highest BCUT2D eigenvalue weighted by Gasteiger charge is 2.33. The number of anilines is 1. The van der Waals surface area contributed by atoms with Crippen molar-refractivity contribution in [1.82, 2.24) is 4.98 Å². The zero-order chi connectivity index (χ0) is 18.3. The van der Waals surface area contributed by atoms with E-state index in [4.69, 9.17) is 9.15 Å². The van der Waals surface area contributed by atoms with Crippen molar-refractivity contribution in [3.05, 3.63) is 36.4 Å². The van der Waals surface area contributed by atoms with E-state index in [0.717, 1.165) is 10.9 Å². The molecule has 1 fully saturated rings. The summed E-state index contributed by atoms with van der Waals surface area (Å²) in [6, 6.07) is 11.1. The molecular weight excluding hydrogens is 336 g/mol. The fourth-order valence-electron chi connectivity index (χ4n) is 3.04. The van der Waals surface area contributed by atoms with Crippen LogP contribution in [0.2, 0.25) is 0 Å². The van der Waals surface area contributed by atoms with Crippen LogP contribution in [0.25, 0.3) is 22.4 Å². The number of benzene rings is 1. The van der Waals surface area contributed by atoms with E-state index in [0.29, 0.717) is 25.1 Å². The summed E-state index contributed by atoms with van der Waals surface area (Å²) in [6.07, 6.45) is 1.05. The van der Waals surface area contributed by atoms with Gasteiger partial charge >= 0.3 is 5.97 Å². The molecule has 1 aliphatic rings. The van der Waals surface area contributed by atoms with Crippen molar-refractivity contribution in [2.45, 2.75) is 19.8 Å². The molecule has 1 aliphatic heterocycles. The van der Waals surface area contributed by atoms with E-state index in [1.807, 2.05) is 30.3 Å². The van der Waals surface area contributed by atoms with E-state index in [-0.39, 0.29) is 29.1 Å². The Morgan fingerprint density at radius 2 is 2.08 bits per heavy atom. The molecule has 0 saturated carbocycles. The quantitative estimate of drug-likeness (QED) is 0.727. The highest BCUT2D eigenvalue weighted by molar-refractivity contribution is 5.97. The van der Waals surface area contributed by atoms with E-state index < -0.39 is 5.97 Å². The van der Waals surface area contributed by atoms with Crippen molar-refractivity contribution in [1.29, 1.82) is 0 Å². The summed E-state index contributed by atoms with van der Waals surface area (Å²) in [6.45, 7) is 1.65. The standard InChI is InChI=1S/C19H16N2O5/c1-11(22)25-18-16(24)17(26-19(18)21-10-4-7-15(21)23)14-9-8-12-5-2-3-6-13(12)20-14/h2-3,5-6,8-9,24H,4,7,10H2,1H3. The molecule has 26 heavy (non-hydrogen) atoms. The molecule has 0 unspecified atom stereocenters. The molecule has 1 aromatic carbocycles. The van der Waals surface area contributed by atoms with E-state index in [1.165, 1.54) is 11.8 Å². The first-order valence-corrected chi connectivity index (χ1v) is 8.25. The summed E-state index contributed by atoms with van der Waals surface area (Å²) in [5.41, 5.74) is 1.11. The SMILES string of the molecule is CC(=O)Oc1c(N2CCCC2=O)oc(-c2ccc3ccccc3n2)c1O. The van der Waals surface area contributed by atoms with Crippen LogP contribution in [0.4, 0.5) is 5.88 Å². The molecule has 3 heterocycles. The highest BCUT2D eigenvalue weighted by atomic mass is 16.6. The summed E-state index contributed by atoms with van der Waals surface area (Å²) < 4.78 is 10.9. The number of carbonyl (C=O) groups is 2.